The van der Waals surface area contributed by atoms with E-state index in [0.717, 1.165) is 4.57 Å². The lowest BCUT2D eigenvalue weighted by Gasteiger charge is -2.28. The van der Waals surface area contributed by atoms with Crippen LogP contribution in [0.5, 0.6) is 0 Å². The molecular weight excluding hydrogens is 288 g/mol. The molecule has 0 N–H and O–H groups in total. The molecule has 22 heavy (non-hydrogen) atoms. The van der Waals surface area contributed by atoms with Gasteiger partial charge in [0.2, 0.25) is 0 Å². The molecule has 8 nitrogen and oxygen atoms in total. The van der Waals surface area contributed by atoms with Crippen LogP contribution in [0.15, 0.2) is 9.59 Å². The fraction of sp³-hybridized carbons (Fsp3) is 0.571. The second-order valence-electron chi connectivity index (χ2n) is 4.98. The van der Waals surface area contributed by atoms with Gasteiger partial charge >= 0.3 is 11.7 Å². The molecule has 0 aliphatic heterocycles. The predicted octanol–water partition coefficient (Wildman–Crippen LogP) is -0.409. The third-order valence-electron chi connectivity index (χ3n) is 3.52. The van der Waals surface area contributed by atoms with Gasteiger partial charge < -0.3 is 9.64 Å². The van der Waals surface area contributed by atoms with E-state index in [1.54, 1.807) is 11.8 Å². The second-order valence-corrected chi connectivity index (χ2v) is 4.98. The van der Waals surface area contributed by atoms with Crippen LogP contribution in [0, 0.1) is 17.2 Å². The van der Waals surface area contributed by atoms with Gasteiger partial charge in [-0.3, -0.25) is 18.7 Å². The van der Waals surface area contributed by atoms with Crippen molar-refractivity contribution in [3.05, 3.63) is 26.4 Å². The first-order valence-corrected chi connectivity index (χ1v) is 6.82. The molecule has 0 saturated carbocycles. The molecule has 120 valence electrons. The molecule has 0 saturated heterocycles. The van der Waals surface area contributed by atoms with Crippen molar-refractivity contribution in [1.82, 2.24) is 9.13 Å². The Balaban J connectivity index is 3.47. The summed E-state index contributed by atoms with van der Waals surface area (Å²) in [5.41, 5.74) is -1.29. The first kappa shape index (κ1) is 17.5. The van der Waals surface area contributed by atoms with Crippen LogP contribution in [-0.2, 0) is 23.6 Å². The third kappa shape index (κ3) is 3.03. The van der Waals surface area contributed by atoms with E-state index in [1.807, 2.05) is 13.0 Å². The molecule has 1 unspecified atom stereocenters. The first-order valence-electron chi connectivity index (χ1n) is 6.82. The first-order chi connectivity index (χ1) is 10.3. The lowest BCUT2D eigenvalue weighted by Crippen LogP contribution is -2.44. The fourth-order valence-corrected chi connectivity index (χ4v) is 2.27. The van der Waals surface area contributed by atoms with E-state index in [4.69, 9.17) is 0 Å². The second kappa shape index (κ2) is 6.93. The molecular formula is C14H20N4O4. The highest BCUT2D eigenvalue weighted by Gasteiger charge is 2.23. The number of esters is 1. The van der Waals surface area contributed by atoms with Gasteiger partial charge in [-0.05, 0) is 6.92 Å². The Morgan fingerprint density at radius 2 is 1.95 bits per heavy atom. The van der Waals surface area contributed by atoms with Gasteiger partial charge in [-0.15, -0.1) is 0 Å². The zero-order valence-electron chi connectivity index (χ0n) is 13.4. The van der Waals surface area contributed by atoms with Crippen LogP contribution in [0.1, 0.15) is 19.4 Å². The summed E-state index contributed by atoms with van der Waals surface area (Å²) < 4.78 is 6.81. The molecule has 1 atom stereocenters. The molecule has 0 aliphatic carbocycles. The lowest BCUT2D eigenvalue weighted by molar-refractivity contribution is -0.144. The Morgan fingerprint density at radius 1 is 1.36 bits per heavy atom. The standard InChI is InChI=1S/C14H20N4O4/c1-6-18(8-9(2)13(20)22-5)11-10(7-15)12(19)17(4)14(21)16(11)3/h9H,6,8H2,1-5H3. The number of carbonyl (C=O) groups is 1. The largest absolute Gasteiger partial charge is 0.469 e. The molecule has 0 aliphatic rings. The number of nitriles is 1. The van der Waals surface area contributed by atoms with Gasteiger partial charge in [0.15, 0.2) is 5.56 Å². The number of methoxy groups -OCH3 is 1. The SMILES string of the molecule is CCN(CC(C)C(=O)OC)c1c(C#N)c(=O)n(C)c(=O)n1C. The molecule has 0 bridgehead atoms. The highest BCUT2D eigenvalue weighted by Crippen LogP contribution is 2.16. The molecule has 1 aromatic rings. The maximum atomic E-state index is 12.1. The van der Waals surface area contributed by atoms with E-state index < -0.39 is 23.1 Å². The van der Waals surface area contributed by atoms with Gasteiger partial charge in [-0.1, -0.05) is 6.92 Å². The summed E-state index contributed by atoms with van der Waals surface area (Å²) in [5, 5.41) is 9.28. The summed E-state index contributed by atoms with van der Waals surface area (Å²) >= 11 is 0. The third-order valence-corrected chi connectivity index (χ3v) is 3.52. The minimum Gasteiger partial charge on any atom is -0.469 e. The highest BCUT2D eigenvalue weighted by molar-refractivity contribution is 5.72. The zero-order chi connectivity index (χ0) is 17.0. The quantitative estimate of drug-likeness (QED) is 0.686. The van der Waals surface area contributed by atoms with Crippen LogP contribution >= 0.6 is 0 Å². The number of ether oxygens (including phenoxy) is 1. The Hall–Kier alpha value is -2.56. The van der Waals surface area contributed by atoms with E-state index in [-0.39, 0.29) is 17.9 Å². The summed E-state index contributed by atoms with van der Waals surface area (Å²) in [7, 11) is 4.11. The van der Waals surface area contributed by atoms with Crippen LogP contribution in [-0.4, -0.2) is 35.3 Å². The predicted molar refractivity (Wildman–Crippen MR) is 80.7 cm³/mol. The Labute approximate surface area is 128 Å². The fourth-order valence-electron chi connectivity index (χ4n) is 2.27. The number of anilines is 1. The minimum atomic E-state index is -0.648. The normalized spacial score (nSPS) is 11.6. The van der Waals surface area contributed by atoms with Crippen molar-refractivity contribution in [3.8, 4) is 6.07 Å². The van der Waals surface area contributed by atoms with Gasteiger partial charge in [0.05, 0.1) is 13.0 Å². The molecule has 1 aromatic heterocycles. The molecule has 1 rings (SSSR count). The highest BCUT2D eigenvalue weighted by atomic mass is 16.5. The monoisotopic (exact) mass is 308 g/mol. The van der Waals surface area contributed by atoms with E-state index in [0.29, 0.717) is 6.54 Å². The summed E-state index contributed by atoms with van der Waals surface area (Å²) in [6, 6.07) is 1.85. The van der Waals surface area contributed by atoms with Crippen LogP contribution in [0.4, 0.5) is 5.82 Å². The number of hydrogen-bond donors (Lipinski definition) is 0. The Bertz CT molecular complexity index is 726. The zero-order valence-corrected chi connectivity index (χ0v) is 13.4. The van der Waals surface area contributed by atoms with Gasteiger partial charge in [0, 0.05) is 27.2 Å². The van der Waals surface area contributed by atoms with Gasteiger partial charge in [0.25, 0.3) is 5.56 Å². The number of rotatable bonds is 5. The van der Waals surface area contributed by atoms with Crippen molar-refractivity contribution in [2.45, 2.75) is 13.8 Å². The molecule has 0 radical (unpaired) electrons. The molecule has 1 heterocycles. The topological polar surface area (TPSA) is 97.3 Å². The van der Waals surface area contributed by atoms with Crippen molar-refractivity contribution < 1.29 is 9.53 Å². The van der Waals surface area contributed by atoms with Gasteiger partial charge in [0.1, 0.15) is 11.9 Å². The summed E-state index contributed by atoms with van der Waals surface area (Å²) in [5.74, 6) is -0.643. The van der Waals surface area contributed by atoms with Crippen molar-refractivity contribution in [2.75, 3.05) is 25.1 Å². The summed E-state index contributed by atoms with van der Waals surface area (Å²) in [4.78, 5) is 37.4. The number of hydrogen-bond acceptors (Lipinski definition) is 6. The van der Waals surface area contributed by atoms with E-state index in [2.05, 4.69) is 4.74 Å². The molecule has 0 spiro atoms. The number of nitrogens with zero attached hydrogens (tertiary/aromatic N) is 4. The van der Waals surface area contributed by atoms with Crippen LogP contribution in [0.3, 0.4) is 0 Å². The minimum absolute atomic E-state index is 0.122. The smallest absolute Gasteiger partial charge is 0.332 e. The maximum Gasteiger partial charge on any atom is 0.332 e. The average Bonchev–Trinajstić information content (AvgIpc) is 2.52. The molecule has 0 amide bonds. The molecule has 0 aromatic carbocycles. The Morgan fingerprint density at radius 3 is 2.41 bits per heavy atom. The molecule has 8 heteroatoms. The maximum absolute atomic E-state index is 12.1. The van der Waals surface area contributed by atoms with Gasteiger partial charge in [-0.2, -0.15) is 5.26 Å². The van der Waals surface area contributed by atoms with Gasteiger partial charge in [-0.25, -0.2) is 4.79 Å². The van der Waals surface area contributed by atoms with E-state index in [9.17, 15) is 19.6 Å². The summed E-state index contributed by atoms with van der Waals surface area (Å²) in [6.07, 6.45) is 0. The van der Waals surface area contributed by atoms with Crippen LogP contribution in [0.2, 0.25) is 0 Å². The Kier molecular flexibility index (Phi) is 5.51. The molecule has 0 fully saturated rings. The average molecular weight is 308 g/mol. The van der Waals surface area contributed by atoms with Crippen molar-refractivity contribution in [3.63, 3.8) is 0 Å². The van der Waals surface area contributed by atoms with Crippen LogP contribution in [0.25, 0.3) is 0 Å². The summed E-state index contributed by atoms with van der Waals surface area (Å²) in [6.45, 7) is 4.15. The number of carbonyl (C=O) groups excluding carboxylic acids is 1. The lowest BCUT2D eigenvalue weighted by atomic mass is 10.1. The van der Waals surface area contributed by atoms with E-state index >= 15 is 0 Å². The van der Waals surface area contributed by atoms with Crippen molar-refractivity contribution in [1.29, 1.82) is 5.26 Å². The van der Waals surface area contributed by atoms with Crippen LogP contribution < -0.4 is 16.1 Å². The van der Waals surface area contributed by atoms with E-state index in [1.165, 1.54) is 25.8 Å². The number of aromatic nitrogens is 2. The van der Waals surface area contributed by atoms with Crippen molar-refractivity contribution >= 4 is 11.8 Å². The van der Waals surface area contributed by atoms with Crippen molar-refractivity contribution in [2.24, 2.45) is 20.0 Å².